The summed E-state index contributed by atoms with van der Waals surface area (Å²) < 4.78 is 53.6. The number of amides is 3. The van der Waals surface area contributed by atoms with Crippen LogP contribution in [0, 0.1) is 11.2 Å². The first kappa shape index (κ1) is 29.4. The van der Waals surface area contributed by atoms with Crippen molar-refractivity contribution < 1.29 is 32.4 Å². The van der Waals surface area contributed by atoms with Gasteiger partial charge in [-0.05, 0) is 67.9 Å². The van der Waals surface area contributed by atoms with Crippen LogP contribution in [0.1, 0.15) is 30.5 Å². The minimum absolute atomic E-state index is 0. The van der Waals surface area contributed by atoms with E-state index >= 15 is 0 Å². The van der Waals surface area contributed by atoms with Gasteiger partial charge in [0, 0.05) is 16.9 Å². The molecule has 4 rings (SSSR count). The fraction of sp³-hybridized carbons (Fsp3) is 0.192. The predicted molar refractivity (Wildman–Crippen MR) is 139 cm³/mol. The van der Waals surface area contributed by atoms with Gasteiger partial charge < -0.3 is 10.2 Å². The molecule has 1 aliphatic rings. The molecule has 0 aliphatic carbocycles. The van der Waals surface area contributed by atoms with E-state index in [0.717, 1.165) is 6.07 Å². The van der Waals surface area contributed by atoms with Gasteiger partial charge in [0.15, 0.2) is 0 Å². The highest BCUT2D eigenvalue weighted by Gasteiger charge is 2.52. The Labute approximate surface area is 227 Å². The van der Waals surface area contributed by atoms with Gasteiger partial charge in [0.1, 0.15) is 17.2 Å². The Hall–Kier alpha value is -4.16. The first-order valence-electron chi connectivity index (χ1n) is 11.3. The Bertz CT molecular complexity index is 1410. The number of carbonyl (C=O) groups is 2. The van der Waals surface area contributed by atoms with Crippen LogP contribution in [0.4, 0.5) is 39.4 Å². The average molecular weight is 566 g/mol. The predicted octanol–water partition coefficient (Wildman–Crippen LogP) is 6.06. The lowest BCUT2D eigenvalue weighted by atomic mass is 10.0. The molecule has 1 fully saturated rings. The maximum Gasteiger partial charge on any atom is 0.419 e. The monoisotopic (exact) mass is 565 g/mol. The van der Waals surface area contributed by atoms with E-state index in [-0.39, 0.29) is 30.5 Å². The smallest absolute Gasteiger partial charge is 0.355 e. The molecule has 1 saturated heterocycles. The number of hydrogen-bond donors (Lipinski definition) is 4. The Morgan fingerprint density at radius 3 is 2.28 bits per heavy atom. The van der Waals surface area contributed by atoms with Crippen LogP contribution < -0.4 is 15.7 Å². The molecule has 0 aromatic heterocycles. The van der Waals surface area contributed by atoms with Crippen LogP contribution in [-0.2, 0) is 17.5 Å². The number of alkyl halides is 3. The summed E-state index contributed by atoms with van der Waals surface area (Å²) in [5, 5.41) is 19.7. The lowest BCUT2D eigenvalue weighted by molar-refractivity contribution is -0.140. The molecular weight excluding hydrogens is 542 g/mol. The Balaban J connectivity index is 0.00000420. The van der Waals surface area contributed by atoms with Crippen molar-refractivity contribution >= 4 is 47.2 Å². The second-order valence-corrected chi connectivity index (χ2v) is 9.08. The number of hydroxylamine groups is 1. The van der Waals surface area contributed by atoms with E-state index in [9.17, 15) is 27.2 Å². The first-order chi connectivity index (χ1) is 17.8. The lowest BCUT2D eigenvalue weighted by Gasteiger charge is -2.28. The van der Waals surface area contributed by atoms with Crippen LogP contribution in [0.15, 0.2) is 66.7 Å². The molecule has 3 aromatic carbocycles. The third-order valence-corrected chi connectivity index (χ3v) is 6.25. The zero-order valence-electron chi connectivity index (χ0n) is 20.6. The molecule has 1 heterocycles. The summed E-state index contributed by atoms with van der Waals surface area (Å²) in [6.07, 6.45) is -5.00. The van der Waals surface area contributed by atoms with Crippen molar-refractivity contribution in [2.45, 2.75) is 32.1 Å². The van der Waals surface area contributed by atoms with E-state index in [1.807, 2.05) is 0 Å². The molecule has 1 aliphatic heterocycles. The van der Waals surface area contributed by atoms with Crippen LogP contribution in [0.2, 0.25) is 0 Å². The minimum Gasteiger partial charge on any atom is -0.355 e. The van der Waals surface area contributed by atoms with Crippen molar-refractivity contribution in [3.05, 3.63) is 89.2 Å². The summed E-state index contributed by atoms with van der Waals surface area (Å²) in [5.74, 6) is -2.43. The summed E-state index contributed by atoms with van der Waals surface area (Å²) in [5.41, 5.74) is 0.719. The van der Waals surface area contributed by atoms with Gasteiger partial charge >= 0.3 is 12.2 Å². The molecule has 4 N–H and O–H groups in total. The molecular formula is C26H24ClF4N5O3. The highest BCUT2D eigenvalue weighted by atomic mass is 35.5. The zero-order valence-corrected chi connectivity index (χ0v) is 21.5. The molecule has 0 bridgehead atoms. The minimum atomic E-state index is -5.00. The van der Waals surface area contributed by atoms with Gasteiger partial charge in [-0.3, -0.25) is 20.9 Å². The van der Waals surface area contributed by atoms with Crippen molar-refractivity contribution in [3.8, 4) is 0 Å². The van der Waals surface area contributed by atoms with Gasteiger partial charge in [0.2, 0.25) is 0 Å². The largest absolute Gasteiger partial charge is 0.419 e. The van der Waals surface area contributed by atoms with E-state index in [1.54, 1.807) is 54.0 Å². The van der Waals surface area contributed by atoms with E-state index in [1.165, 1.54) is 18.7 Å². The standard InChI is InChI=1S/C26H23F4N5O3.ClH/c1-25(2)23(36)35(18-11-12-20(27)19(13-18)26(28,29)30)24(37)34(25)14-16-5-3-4-6-21(16)32-17-9-7-15(8-10-17)22(31)33-38;/h3-13,32,38H,14H2,1-2H3,(H2,31,33);1H. The van der Waals surface area contributed by atoms with Crippen molar-refractivity contribution in [3.63, 3.8) is 0 Å². The molecule has 8 nitrogen and oxygen atoms in total. The number of benzene rings is 3. The summed E-state index contributed by atoms with van der Waals surface area (Å²) >= 11 is 0. The van der Waals surface area contributed by atoms with Crippen molar-refractivity contribution in [2.75, 3.05) is 10.2 Å². The second kappa shape index (κ2) is 10.9. The van der Waals surface area contributed by atoms with Gasteiger partial charge in [0.25, 0.3) is 5.91 Å². The number of nitrogens with zero attached hydrogens (tertiary/aromatic N) is 2. The summed E-state index contributed by atoms with van der Waals surface area (Å²) in [6, 6.07) is 14.7. The first-order valence-corrected chi connectivity index (χ1v) is 11.3. The van der Waals surface area contributed by atoms with Gasteiger partial charge in [-0.15, -0.1) is 12.4 Å². The van der Waals surface area contributed by atoms with E-state index in [4.69, 9.17) is 10.6 Å². The summed E-state index contributed by atoms with van der Waals surface area (Å²) in [4.78, 5) is 28.4. The number of anilines is 3. The van der Waals surface area contributed by atoms with Gasteiger partial charge in [0.05, 0.1) is 17.8 Å². The van der Waals surface area contributed by atoms with Crippen LogP contribution in [-0.4, -0.2) is 33.4 Å². The van der Waals surface area contributed by atoms with Crippen LogP contribution in [0.3, 0.4) is 0 Å². The van der Waals surface area contributed by atoms with Gasteiger partial charge in [-0.25, -0.2) is 14.1 Å². The Morgan fingerprint density at radius 1 is 1.03 bits per heavy atom. The molecule has 13 heteroatoms. The van der Waals surface area contributed by atoms with Crippen LogP contribution in [0.25, 0.3) is 0 Å². The number of para-hydroxylation sites is 1. The third kappa shape index (κ3) is 5.66. The molecule has 3 amide bonds. The SMILES string of the molecule is CC1(C)C(=O)N(c2ccc(F)c(C(F)(F)F)c2)C(=O)N1Cc1ccccc1Nc1ccc(C(=N)NO)cc1.Cl. The normalized spacial score (nSPS) is 14.7. The van der Waals surface area contributed by atoms with E-state index < -0.39 is 35.0 Å². The van der Waals surface area contributed by atoms with Crippen LogP contribution >= 0.6 is 12.4 Å². The van der Waals surface area contributed by atoms with Crippen molar-refractivity contribution in [1.82, 2.24) is 10.4 Å². The number of halogens is 5. The topological polar surface area (TPSA) is 109 Å². The molecule has 0 spiro atoms. The summed E-state index contributed by atoms with van der Waals surface area (Å²) in [7, 11) is 0. The maximum absolute atomic E-state index is 13.8. The lowest BCUT2D eigenvalue weighted by Crippen LogP contribution is -2.43. The number of hydrogen-bond acceptors (Lipinski definition) is 5. The molecule has 3 aromatic rings. The van der Waals surface area contributed by atoms with E-state index in [2.05, 4.69) is 5.32 Å². The second-order valence-electron chi connectivity index (χ2n) is 9.08. The molecule has 0 unspecified atom stereocenters. The number of urea groups is 1. The van der Waals surface area contributed by atoms with Crippen molar-refractivity contribution in [2.24, 2.45) is 0 Å². The quantitative estimate of drug-likeness (QED) is 0.0955. The Kier molecular flexibility index (Phi) is 8.22. The number of amidine groups is 1. The molecule has 206 valence electrons. The fourth-order valence-electron chi connectivity index (χ4n) is 4.09. The molecule has 39 heavy (non-hydrogen) atoms. The number of rotatable bonds is 6. The number of imide groups is 1. The van der Waals surface area contributed by atoms with Gasteiger partial charge in [-0.1, -0.05) is 18.2 Å². The number of nitrogens with one attached hydrogen (secondary N) is 3. The fourth-order valence-corrected chi connectivity index (χ4v) is 4.09. The molecule has 0 saturated carbocycles. The highest BCUT2D eigenvalue weighted by Crippen LogP contribution is 2.38. The van der Waals surface area contributed by atoms with Gasteiger partial charge in [-0.2, -0.15) is 13.2 Å². The van der Waals surface area contributed by atoms with Crippen molar-refractivity contribution in [1.29, 1.82) is 5.41 Å². The molecule has 0 radical (unpaired) electrons. The zero-order chi connectivity index (χ0) is 27.8. The maximum atomic E-state index is 13.8. The Morgan fingerprint density at radius 2 is 1.67 bits per heavy atom. The summed E-state index contributed by atoms with van der Waals surface area (Å²) in [6.45, 7) is 2.92. The van der Waals surface area contributed by atoms with Crippen LogP contribution in [0.5, 0.6) is 0 Å². The number of carbonyl (C=O) groups excluding carboxylic acids is 2. The van der Waals surface area contributed by atoms with E-state index in [0.29, 0.717) is 39.5 Å². The molecule has 0 atom stereocenters. The average Bonchev–Trinajstić information content (AvgIpc) is 3.04. The highest BCUT2D eigenvalue weighted by molar-refractivity contribution is 6.23. The third-order valence-electron chi connectivity index (χ3n) is 6.25.